The molecule has 144 valence electrons. The minimum atomic E-state index is -4.52. The SMILES string of the molecule is O=C(CP(=O)(O)O)N(O)Cc1cccc(-c2cccc(-c3ccccc3)c2)c1. The molecule has 0 fully saturated rings. The normalized spacial score (nSPS) is 11.2. The van der Waals surface area contributed by atoms with Crippen LogP contribution in [0.5, 0.6) is 0 Å². The highest BCUT2D eigenvalue weighted by Crippen LogP contribution is 2.34. The molecule has 0 atom stereocenters. The Balaban J connectivity index is 1.80. The van der Waals surface area contributed by atoms with Gasteiger partial charge in [-0.3, -0.25) is 14.6 Å². The van der Waals surface area contributed by atoms with Gasteiger partial charge in [-0.25, -0.2) is 5.06 Å². The van der Waals surface area contributed by atoms with Gasteiger partial charge < -0.3 is 9.79 Å². The van der Waals surface area contributed by atoms with E-state index in [9.17, 15) is 14.6 Å². The number of nitrogens with zero attached hydrogens (tertiary/aromatic N) is 1. The van der Waals surface area contributed by atoms with Gasteiger partial charge in [-0.2, -0.15) is 0 Å². The van der Waals surface area contributed by atoms with Gasteiger partial charge in [0.1, 0.15) is 6.16 Å². The van der Waals surface area contributed by atoms with E-state index in [1.807, 2.05) is 60.7 Å². The zero-order chi connectivity index (χ0) is 20.1. The summed E-state index contributed by atoms with van der Waals surface area (Å²) in [6, 6.07) is 25.3. The van der Waals surface area contributed by atoms with Crippen molar-refractivity contribution in [3.63, 3.8) is 0 Å². The van der Waals surface area contributed by atoms with Gasteiger partial charge in [0.05, 0.1) is 6.54 Å². The van der Waals surface area contributed by atoms with Crippen LogP contribution in [0.2, 0.25) is 0 Å². The molecule has 0 aliphatic carbocycles. The summed E-state index contributed by atoms with van der Waals surface area (Å²) in [5, 5.41) is 10.2. The van der Waals surface area contributed by atoms with Gasteiger partial charge in [0.2, 0.25) is 0 Å². The van der Waals surface area contributed by atoms with Crippen LogP contribution in [-0.2, 0) is 15.9 Å². The molecule has 28 heavy (non-hydrogen) atoms. The summed E-state index contributed by atoms with van der Waals surface area (Å²) in [7, 11) is -4.52. The largest absolute Gasteiger partial charge is 0.335 e. The number of carbonyl (C=O) groups excluding carboxylic acids is 1. The standard InChI is InChI=1S/C21H20NO5P/c23-21(15-28(25,26)27)22(24)14-16-6-4-9-18(12-16)20-11-5-10-19(13-20)17-7-2-1-3-8-17/h1-13,24H,14-15H2,(H2,25,26,27). The first kappa shape index (κ1) is 20.0. The Morgan fingerprint density at radius 3 is 1.96 bits per heavy atom. The highest BCUT2D eigenvalue weighted by molar-refractivity contribution is 7.52. The van der Waals surface area contributed by atoms with Crippen molar-refractivity contribution in [3.8, 4) is 22.3 Å². The van der Waals surface area contributed by atoms with Crippen LogP contribution >= 0.6 is 7.60 Å². The Morgan fingerprint density at radius 1 is 0.786 bits per heavy atom. The predicted octanol–water partition coefficient (Wildman–Crippen LogP) is 3.92. The molecule has 0 aliphatic rings. The van der Waals surface area contributed by atoms with Crippen molar-refractivity contribution in [2.24, 2.45) is 0 Å². The first-order valence-electron chi connectivity index (χ1n) is 8.60. The highest BCUT2D eigenvalue weighted by atomic mass is 31.2. The van der Waals surface area contributed by atoms with Crippen molar-refractivity contribution in [1.82, 2.24) is 5.06 Å². The van der Waals surface area contributed by atoms with Crippen LogP contribution in [0.4, 0.5) is 0 Å². The molecule has 1 amide bonds. The third-order valence-corrected chi connectivity index (χ3v) is 4.87. The summed E-state index contributed by atoms with van der Waals surface area (Å²) in [6.07, 6.45) is -1.03. The summed E-state index contributed by atoms with van der Waals surface area (Å²) < 4.78 is 10.9. The van der Waals surface area contributed by atoms with Gasteiger partial charge in [-0.1, -0.05) is 66.7 Å². The zero-order valence-electron chi connectivity index (χ0n) is 15.0. The molecule has 7 heteroatoms. The second-order valence-electron chi connectivity index (χ2n) is 6.42. The van der Waals surface area contributed by atoms with Crippen LogP contribution < -0.4 is 0 Å². The topological polar surface area (TPSA) is 98.1 Å². The molecule has 0 aromatic heterocycles. The molecule has 0 saturated heterocycles. The maximum Gasteiger partial charge on any atom is 0.335 e. The number of hydrogen-bond acceptors (Lipinski definition) is 3. The van der Waals surface area contributed by atoms with E-state index in [1.165, 1.54) is 0 Å². The van der Waals surface area contributed by atoms with Gasteiger partial charge in [0, 0.05) is 0 Å². The van der Waals surface area contributed by atoms with Gasteiger partial charge >= 0.3 is 7.60 Å². The number of carbonyl (C=O) groups is 1. The van der Waals surface area contributed by atoms with E-state index in [0.29, 0.717) is 10.6 Å². The Bertz CT molecular complexity index is 1020. The summed E-state index contributed by atoms with van der Waals surface area (Å²) in [6.45, 7) is -0.162. The minimum absolute atomic E-state index is 0.162. The molecular weight excluding hydrogens is 377 g/mol. The number of rotatable bonds is 6. The van der Waals surface area contributed by atoms with E-state index >= 15 is 0 Å². The maximum absolute atomic E-state index is 11.7. The van der Waals surface area contributed by atoms with Crippen LogP contribution in [0.15, 0.2) is 78.9 Å². The van der Waals surface area contributed by atoms with E-state index < -0.39 is 19.7 Å². The molecular formula is C21H20NO5P. The Kier molecular flexibility index (Phi) is 6.07. The van der Waals surface area contributed by atoms with Crippen molar-refractivity contribution in [3.05, 3.63) is 84.4 Å². The molecule has 0 spiro atoms. The number of amides is 1. The van der Waals surface area contributed by atoms with Crippen LogP contribution in [0.1, 0.15) is 5.56 Å². The number of hydroxylamine groups is 2. The van der Waals surface area contributed by atoms with E-state index in [4.69, 9.17) is 9.79 Å². The lowest BCUT2D eigenvalue weighted by atomic mass is 9.98. The Labute approximate surface area is 162 Å². The molecule has 0 aliphatic heterocycles. The smallest absolute Gasteiger partial charge is 0.324 e. The monoisotopic (exact) mass is 397 g/mol. The molecule has 0 heterocycles. The minimum Gasteiger partial charge on any atom is -0.324 e. The predicted molar refractivity (Wildman–Crippen MR) is 107 cm³/mol. The summed E-state index contributed by atoms with van der Waals surface area (Å²) in [5.74, 6) is -1.02. The van der Waals surface area contributed by atoms with E-state index in [1.54, 1.807) is 12.1 Å². The fourth-order valence-corrected chi connectivity index (χ4v) is 3.39. The Morgan fingerprint density at radius 2 is 1.32 bits per heavy atom. The van der Waals surface area contributed by atoms with E-state index in [0.717, 1.165) is 22.3 Å². The van der Waals surface area contributed by atoms with Gasteiger partial charge in [0.15, 0.2) is 0 Å². The molecule has 3 N–H and O–H groups in total. The van der Waals surface area contributed by atoms with Crippen LogP contribution in [0, 0.1) is 0 Å². The molecule has 0 radical (unpaired) electrons. The quantitative estimate of drug-likeness (QED) is 0.333. The molecule has 3 rings (SSSR count). The van der Waals surface area contributed by atoms with Gasteiger partial charge in [-0.05, 0) is 39.9 Å². The highest BCUT2D eigenvalue weighted by Gasteiger charge is 2.23. The lowest BCUT2D eigenvalue weighted by molar-refractivity contribution is -0.165. The average molecular weight is 397 g/mol. The molecule has 0 unspecified atom stereocenters. The van der Waals surface area contributed by atoms with Crippen molar-refractivity contribution in [2.45, 2.75) is 6.54 Å². The van der Waals surface area contributed by atoms with Gasteiger partial charge in [-0.15, -0.1) is 0 Å². The summed E-state index contributed by atoms with van der Waals surface area (Å²) in [4.78, 5) is 29.4. The van der Waals surface area contributed by atoms with Crippen molar-refractivity contribution < 1.29 is 24.4 Å². The van der Waals surface area contributed by atoms with E-state index in [2.05, 4.69) is 6.07 Å². The van der Waals surface area contributed by atoms with Gasteiger partial charge in [0.25, 0.3) is 5.91 Å². The fraction of sp³-hybridized carbons (Fsp3) is 0.0952. The second kappa shape index (κ2) is 8.50. The summed E-state index contributed by atoms with van der Waals surface area (Å²) >= 11 is 0. The summed E-state index contributed by atoms with van der Waals surface area (Å²) in [5.41, 5.74) is 4.71. The molecule has 3 aromatic rings. The van der Waals surface area contributed by atoms with Crippen molar-refractivity contribution >= 4 is 13.5 Å². The first-order chi connectivity index (χ1) is 13.3. The van der Waals surface area contributed by atoms with Crippen LogP contribution in [-0.4, -0.2) is 32.1 Å². The average Bonchev–Trinajstić information content (AvgIpc) is 2.68. The molecule has 0 saturated carbocycles. The molecule has 6 nitrogen and oxygen atoms in total. The molecule has 0 bridgehead atoms. The third kappa shape index (κ3) is 5.38. The first-order valence-corrected chi connectivity index (χ1v) is 10.4. The lowest BCUT2D eigenvalue weighted by Crippen LogP contribution is -2.29. The number of hydrogen-bond donors (Lipinski definition) is 3. The number of benzene rings is 3. The van der Waals surface area contributed by atoms with E-state index in [-0.39, 0.29) is 6.54 Å². The van der Waals surface area contributed by atoms with Crippen molar-refractivity contribution in [2.75, 3.05) is 6.16 Å². The maximum atomic E-state index is 11.7. The van der Waals surface area contributed by atoms with Crippen molar-refractivity contribution in [1.29, 1.82) is 0 Å². The third-order valence-electron chi connectivity index (χ3n) is 4.19. The Hall–Kier alpha value is -2.76. The zero-order valence-corrected chi connectivity index (χ0v) is 15.9. The second-order valence-corrected chi connectivity index (χ2v) is 8.07. The van der Waals surface area contributed by atoms with Crippen LogP contribution in [0.25, 0.3) is 22.3 Å². The lowest BCUT2D eigenvalue weighted by Gasteiger charge is -2.16. The van der Waals surface area contributed by atoms with Crippen LogP contribution in [0.3, 0.4) is 0 Å². The fourth-order valence-electron chi connectivity index (χ4n) is 2.88. The molecule has 3 aromatic carbocycles.